The lowest BCUT2D eigenvalue weighted by Crippen LogP contribution is -2.19. The summed E-state index contributed by atoms with van der Waals surface area (Å²) in [6.45, 7) is 1.97. The molecule has 2 rings (SSSR count). The van der Waals surface area contributed by atoms with E-state index in [4.69, 9.17) is 0 Å². The van der Waals surface area contributed by atoms with Gasteiger partial charge in [-0.25, -0.2) is 0 Å². The normalized spacial score (nSPS) is 12.4. The Kier molecular flexibility index (Phi) is 3.22. The van der Waals surface area contributed by atoms with Gasteiger partial charge in [0.15, 0.2) is 0 Å². The summed E-state index contributed by atoms with van der Waals surface area (Å²) in [5.74, 6) is 0. The van der Waals surface area contributed by atoms with Gasteiger partial charge in [-0.2, -0.15) is 0 Å². The van der Waals surface area contributed by atoms with Crippen LogP contribution in [0, 0.1) is 6.92 Å². The second-order valence-electron chi connectivity index (χ2n) is 3.58. The molecule has 0 radical (unpaired) electrons. The van der Waals surface area contributed by atoms with Crippen molar-refractivity contribution in [2.24, 2.45) is 0 Å². The second kappa shape index (κ2) is 4.81. The third-order valence-electron chi connectivity index (χ3n) is 2.44. The first kappa shape index (κ1) is 10.7. The molecule has 0 saturated carbocycles. The molecular weight excluding hydrogens is 200 g/mol. The minimum Gasteiger partial charge on any atom is -0.308 e. The summed E-state index contributed by atoms with van der Waals surface area (Å²) < 4.78 is 0. The van der Waals surface area contributed by atoms with Gasteiger partial charge in [0.1, 0.15) is 0 Å². The Morgan fingerprint density at radius 3 is 2.56 bits per heavy atom. The molecule has 0 aliphatic carbocycles. The molecule has 0 spiro atoms. The van der Waals surface area contributed by atoms with Gasteiger partial charge in [-0.1, -0.05) is 6.07 Å². The fraction of sp³-hybridized carbons (Fsp3) is 0.250. The maximum Gasteiger partial charge on any atom is 0.0801 e. The van der Waals surface area contributed by atoms with E-state index in [1.165, 1.54) is 0 Å². The molecular formula is C12H14N4. The van der Waals surface area contributed by atoms with E-state index in [1.54, 1.807) is 18.6 Å². The van der Waals surface area contributed by atoms with Gasteiger partial charge in [-0.3, -0.25) is 15.0 Å². The summed E-state index contributed by atoms with van der Waals surface area (Å²) >= 11 is 0. The number of nitrogens with zero attached hydrogens (tertiary/aromatic N) is 3. The second-order valence-corrected chi connectivity index (χ2v) is 3.58. The number of aromatic nitrogens is 3. The van der Waals surface area contributed by atoms with E-state index in [-0.39, 0.29) is 6.04 Å². The Labute approximate surface area is 94.8 Å². The molecule has 2 aromatic heterocycles. The van der Waals surface area contributed by atoms with E-state index in [0.29, 0.717) is 0 Å². The van der Waals surface area contributed by atoms with Crippen molar-refractivity contribution < 1.29 is 0 Å². The van der Waals surface area contributed by atoms with Crippen molar-refractivity contribution in [3.8, 4) is 0 Å². The van der Waals surface area contributed by atoms with Crippen molar-refractivity contribution in [3.05, 3.63) is 53.9 Å². The minimum atomic E-state index is 0.0433. The number of pyridine rings is 1. The lowest BCUT2D eigenvalue weighted by Gasteiger charge is -2.15. The van der Waals surface area contributed by atoms with Gasteiger partial charge < -0.3 is 5.32 Å². The molecule has 0 fully saturated rings. The maximum absolute atomic E-state index is 4.30. The van der Waals surface area contributed by atoms with Gasteiger partial charge in [0.05, 0.1) is 17.9 Å². The summed E-state index contributed by atoms with van der Waals surface area (Å²) in [4.78, 5) is 12.7. The van der Waals surface area contributed by atoms with Gasteiger partial charge in [0, 0.05) is 24.3 Å². The fourth-order valence-electron chi connectivity index (χ4n) is 1.60. The molecule has 0 aromatic carbocycles. The Morgan fingerprint density at radius 2 is 2.00 bits per heavy atom. The fourth-order valence-corrected chi connectivity index (χ4v) is 1.60. The van der Waals surface area contributed by atoms with Crippen LogP contribution in [0.25, 0.3) is 0 Å². The number of aryl methyl sites for hydroxylation is 1. The zero-order chi connectivity index (χ0) is 11.4. The molecule has 1 unspecified atom stereocenters. The van der Waals surface area contributed by atoms with Gasteiger partial charge in [-0.15, -0.1) is 0 Å². The molecule has 82 valence electrons. The molecule has 4 nitrogen and oxygen atoms in total. The molecule has 2 aromatic rings. The zero-order valence-electron chi connectivity index (χ0n) is 9.38. The van der Waals surface area contributed by atoms with Crippen LogP contribution >= 0.6 is 0 Å². The molecule has 1 N–H and O–H groups in total. The SMILES string of the molecule is CNC(c1ccc(C)nc1)c1cnccn1. The summed E-state index contributed by atoms with van der Waals surface area (Å²) in [6.07, 6.45) is 7.00. The van der Waals surface area contributed by atoms with Crippen LogP contribution in [-0.2, 0) is 0 Å². The number of hydrogen-bond acceptors (Lipinski definition) is 4. The highest BCUT2D eigenvalue weighted by atomic mass is 14.9. The summed E-state index contributed by atoms with van der Waals surface area (Å²) in [7, 11) is 1.90. The van der Waals surface area contributed by atoms with E-state index >= 15 is 0 Å². The van der Waals surface area contributed by atoms with Crippen LogP contribution < -0.4 is 5.32 Å². The van der Waals surface area contributed by atoms with Gasteiger partial charge in [-0.05, 0) is 25.6 Å². The molecule has 16 heavy (non-hydrogen) atoms. The molecule has 0 amide bonds. The third kappa shape index (κ3) is 2.23. The molecule has 0 saturated heterocycles. The number of hydrogen-bond donors (Lipinski definition) is 1. The lowest BCUT2D eigenvalue weighted by molar-refractivity contribution is 0.663. The molecule has 1 atom stereocenters. The summed E-state index contributed by atoms with van der Waals surface area (Å²) in [5.41, 5.74) is 3.00. The van der Waals surface area contributed by atoms with Gasteiger partial charge >= 0.3 is 0 Å². The Balaban J connectivity index is 2.33. The number of nitrogens with one attached hydrogen (secondary N) is 1. The highest BCUT2D eigenvalue weighted by molar-refractivity contribution is 5.24. The quantitative estimate of drug-likeness (QED) is 0.841. The average Bonchev–Trinajstić information content (AvgIpc) is 2.34. The van der Waals surface area contributed by atoms with Crippen LogP contribution in [0.15, 0.2) is 36.9 Å². The predicted molar refractivity (Wildman–Crippen MR) is 61.9 cm³/mol. The standard InChI is InChI=1S/C12H14N4/c1-9-3-4-10(7-16-9)12(13-2)11-8-14-5-6-15-11/h3-8,12-13H,1-2H3. The van der Waals surface area contributed by atoms with E-state index in [0.717, 1.165) is 17.0 Å². The smallest absolute Gasteiger partial charge is 0.0801 e. The minimum absolute atomic E-state index is 0.0433. The topological polar surface area (TPSA) is 50.7 Å². The van der Waals surface area contributed by atoms with Gasteiger partial charge in [0.2, 0.25) is 0 Å². The van der Waals surface area contributed by atoms with Crippen molar-refractivity contribution in [1.82, 2.24) is 20.3 Å². The molecule has 0 aliphatic rings. The Morgan fingerprint density at radius 1 is 1.12 bits per heavy atom. The molecule has 0 aliphatic heterocycles. The first-order chi connectivity index (χ1) is 7.81. The molecule has 4 heteroatoms. The summed E-state index contributed by atoms with van der Waals surface area (Å²) in [5, 5.41) is 3.21. The van der Waals surface area contributed by atoms with Crippen molar-refractivity contribution >= 4 is 0 Å². The van der Waals surface area contributed by atoms with Crippen molar-refractivity contribution in [3.63, 3.8) is 0 Å². The highest BCUT2D eigenvalue weighted by Gasteiger charge is 2.13. The predicted octanol–water partition coefficient (Wildman–Crippen LogP) is 1.49. The van der Waals surface area contributed by atoms with Crippen molar-refractivity contribution in [2.45, 2.75) is 13.0 Å². The van der Waals surface area contributed by atoms with Gasteiger partial charge in [0.25, 0.3) is 0 Å². The highest BCUT2D eigenvalue weighted by Crippen LogP contribution is 2.18. The monoisotopic (exact) mass is 214 g/mol. The van der Waals surface area contributed by atoms with Crippen LogP contribution in [0.4, 0.5) is 0 Å². The number of rotatable bonds is 3. The molecule has 0 bridgehead atoms. The summed E-state index contributed by atoms with van der Waals surface area (Å²) in [6, 6.07) is 4.09. The van der Waals surface area contributed by atoms with E-state index in [9.17, 15) is 0 Å². The Bertz CT molecular complexity index is 438. The zero-order valence-corrected chi connectivity index (χ0v) is 9.38. The molecule has 2 heterocycles. The Hall–Kier alpha value is -1.81. The van der Waals surface area contributed by atoms with E-state index < -0.39 is 0 Å². The van der Waals surface area contributed by atoms with E-state index in [2.05, 4.69) is 26.3 Å². The maximum atomic E-state index is 4.30. The first-order valence-electron chi connectivity index (χ1n) is 5.17. The van der Waals surface area contributed by atoms with Crippen LogP contribution in [0.5, 0.6) is 0 Å². The van der Waals surface area contributed by atoms with Crippen LogP contribution in [0.3, 0.4) is 0 Å². The van der Waals surface area contributed by atoms with E-state index in [1.807, 2.05) is 26.2 Å². The van der Waals surface area contributed by atoms with Crippen LogP contribution in [0.1, 0.15) is 23.0 Å². The largest absolute Gasteiger partial charge is 0.308 e. The average molecular weight is 214 g/mol. The van der Waals surface area contributed by atoms with Crippen LogP contribution in [-0.4, -0.2) is 22.0 Å². The van der Waals surface area contributed by atoms with Crippen molar-refractivity contribution in [1.29, 1.82) is 0 Å². The van der Waals surface area contributed by atoms with Crippen LogP contribution in [0.2, 0.25) is 0 Å². The third-order valence-corrected chi connectivity index (χ3v) is 2.44. The lowest BCUT2D eigenvalue weighted by atomic mass is 10.1. The first-order valence-corrected chi connectivity index (χ1v) is 5.17. The van der Waals surface area contributed by atoms with Crippen molar-refractivity contribution in [2.75, 3.05) is 7.05 Å².